The Morgan fingerprint density at radius 3 is 2.33 bits per heavy atom. The second-order valence-electron chi connectivity index (χ2n) is 7.95. The minimum Gasteiger partial charge on any atom is -0.489 e. The van der Waals surface area contributed by atoms with Gasteiger partial charge in [0.15, 0.2) is 0 Å². The first kappa shape index (κ1) is 23.6. The van der Waals surface area contributed by atoms with E-state index >= 15 is 0 Å². The van der Waals surface area contributed by atoms with Crippen LogP contribution in [0.5, 0.6) is 5.75 Å². The Bertz CT molecular complexity index is 1280. The van der Waals surface area contributed by atoms with Crippen molar-refractivity contribution >= 4 is 39.2 Å². The van der Waals surface area contributed by atoms with Gasteiger partial charge in [-0.1, -0.05) is 66.5 Å². The molecule has 1 aliphatic rings. The van der Waals surface area contributed by atoms with E-state index < -0.39 is 33.4 Å². The highest BCUT2D eigenvalue weighted by Crippen LogP contribution is 2.58. The van der Waals surface area contributed by atoms with Crippen LogP contribution in [-0.4, -0.2) is 25.0 Å². The summed E-state index contributed by atoms with van der Waals surface area (Å²) in [4.78, 5) is 12.1. The van der Waals surface area contributed by atoms with E-state index in [-0.39, 0.29) is 11.5 Å². The molecule has 33 heavy (non-hydrogen) atoms. The fraction of sp³-hybridized carbons (Fsp3) is 0.208. The van der Waals surface area contributed by atoms with Gasteiger partial charge in [0.2, 0.25) is 10.0 Å². The lowest BCUT2D eigenvalue weighted by Crippen LogP contribution is -2.45. The summed E-state index contributed by atoms with van der Waals surface area (Å²) in [6.07, 6.45) is 0. The van der Waals surface area contributed by atoms with E-state index in [1.807, 2.05) is 6.07 Å². The summed E-state index contributed by atoms with van der Waals surface area (Å²) in [5.74, 6) is -1.63. The molecule has 0 spiro atoms. The standard InChI is InChI=1S/C24H21Cl2NO5S/c1-15-22(16-5-3-2-4-6-16)24(15,23(28)29)27-33(30,31)20-11-9-19(10-12-20)32-14-17-7-8-18(25)13-21(17)26/h2-13,15,22,27H,14H2,1H3,(H,28,29)/t15-,22-,24+/m1/s1. The van der Waals surface area contributed by atoms with Crippen LogP contribution in [0.1, 0.15) is 24.0 Å². The Kier molecular flexibility index (Phi) is 6.42. The highest BCUT2D eigenvalue weighted by atomic mass is 35.5. The third-order valence-electron chi connectivity index (χ3n) is 5.96. The van der Waals surface area contributed by atoms with Gasteiger partial charge in [-0.3, -0.25) is 4.79 Å². The number of hydrogen-bond acceptors (Lipinski definition) is 4. The van der Waals surface area contributed by atoms with E-state index in [1.165, 1.54) is 24.3 Å². The average molecular weight is 506 g/mol. The third-order valence-corrected chi connectivity index (χ3v) is 8.05. The molecular formula is C24H21Cl2NO5S. The molecule has 0 heterocycles. The van der Waals surface area contributed by atoms with Crippen LogP contribution < -0.4 is 9.46 Å². The number of aliphatic carboxylic acids is 1. The minimum atomic E-state index is -4.09. The molecule has 1 fully saturated rings. The first-order valence-corrected chi connectivity index (χ1v) is 12.4. The summed E-state index contributed by atoms with van der Waals surface area (Å²) < 4.78 is 34.2. The third kappa shape index (κ3) is 4.59. The molecule has 0 aliphatic heterocycles. The van der Waals surface area contributed by atoms with Crippen LogP contribution in [0.15, 0.2) is 77.7 Å². The van der Waals surface area contributed by atoms with Gasteiger partial charge in [0.25, 0.3) is 0 Å². The van der Waals surface area contributed by atoms with Crippen molar-refractivity contribution in [2.45, 2.75) is 29.9 Å². The molecule has 1 aliphatic carbocycles. The van der Waals surface area contributed by atoms with Crippen LogP contribution in [0.3, 0.4) is 0 Å². The molecule has 172 valence electrons. The number of carbonyl (C=O) groups is 1. The lowest BCUT2D eigenvalue weighted by molar-refractivity contribution is -0.140. The second kappa shape index (κ2) is 8.99. The van der Waals surface area contributed by atoms with Crippen molar-refractivity contribution in [1.29, 1.82) is 0 Å². The van der Waals surface area contributed by atoms with Crippen molar-refractivity contribution < 1.29 is 23.1 Å². The van der Waals surface area contributed by atoms with E-state index in [4.69, 9.17) is 27.9 Å². The first-order chi connectivity index (χ1) is 15.6. The lowest BCUT2D eigenvalue weighted by Gasteiger charge is -2.16. The molecule has 2 N–H and O–H groups in total. The Morgan fingerprint density at radius 1 is 1.06 bits per heavy atom. The fourth-order valence-corrected chi connectivity index (χ4v) is 6.02. The highest BCUT2D eigenvalue weighted by molar-refractivity contribution is 7.89. The molecule has 6 nitrogen and oxygen atoms in total. The second-order valence-corrected chi connectivity index (χ2v) is 10.5. The van der Waals surface area contributed by atoms with E-state index in [0.29, 0.717) is 15.8 Å². The predicted octanol–water partition coefficient (Wildman–Crippen LogP) is 5.11. The summed E-state index contributed by atoms with van der Waals surface area (Å²) in [6.45, 7) is 1.91. The molecule has 1 saturated carbocycles. The molecule has 4 rings (SSSR count). The molecule has 9 heteroatoms. The van der Waals surface area contributed by atoms with Crippen LogP contribution in [0, 0.1) is 5.92 Å². The van der Waals surface area contributed by atoms with Crippen molar-refractivity contribution in [2.24, 2.45) is 5.92 Å². The number of sulfonamides is 1. The summed E-state index contributed by atoms with van der Waals surface area (Å²) in [6, 6.07) is 19.9. The minimum absolute atomic E-state index is 0.0501. The van der Waals surface area contributed by atoms with Gasteiger partial charge in [0, 0.05) is 21.5 Å². The van der Waals surface area contributed by atoms with E-state index in [0.717, 1.165) is 11.1 Å². The van der Waals surface area contributed by atoms with Gasteiger partial charge >= 0.3 is 5.97 Å². The van der Waals surface area contributed by atoms with Crippen LogP contribution in [-0.2, 0) is 21.4 Å². The van der Waals surface area contributed by atoms with Gasteiger partial charge in [0.1, 0.15) is 17.9 Å². The number of benzene rings is 3. The SMILES string of the molecule is C[C@@H]1[C@H](c2ccccc2)[C@]1(NS(=O)(=O)c1ccc(OCc2ccc(Cl)cc2Cl)cc1)C(=O)O. The van der Waals surface area contributed by atoms with Crippen molar-refractivity contribution in [3.63, 3.8) is 0 Å². The number of ether oxygens (including phenoxy) is 1. The highest BCUT2D eigenvalue weighted by Gasteiger charge is 2.70. The van der Waals surface area contributed by atoms with E-state index in [2.05, 4.69) is 4.72 Å². The van der Waals surface area contributed by atoms with Crippen LogP contribution in [0.2, 0.25) is 10.0 Å². The van der Waals surface area contributed by atoms with E-state index in [9.17, 15) is 18.3 Å². The molecule has 0 unspecified atom stereocenters. The zero-order valence-corrected chi connectivity index (χ0v) is 19.9. The molecule has 0 amide bonds. The maximum atomic E-state index is 13.0. The maximum absolute atomic E-state index is 13.0. The lowest BCUT2D eigenvalue weighted by atomic mass is 10.1. The van der Waals surface area contributed by atoms with Gasteiger partial charge in [0.05, 0.1) is 4.90 Å². The monoisotopic (exact) mass is 505 g/mol. The van der Waals surface area contributed by atoms with Gasteiger partial charge in [-0.05, 0) is 47.9 Å². The molecule has 3 aromatic rings. The van der Waals surface area contributed by atoms with Gasteiger partial charge < -0.3 is 9.84 Å². The summed E-state index contributed by atoms with van der Waals surface area (Å²) in [7, 11) is -4.09. The zero-order valence-electron chi connectivity index (χ0n) is 17.5. The van der Waals surface area contributed by atoms with Gasteiger partial charge in [-0.25, -0.2) is 8.42 Å². The Balaban J connectivity index is 1.49. The number of carboxylic acids is 1. The zero-order chi connectivity index (χ0) is 23.8. The van der Waals surface area contributed by atoms with Gasteiger partial charge in [-0.15, -0.1) is 0 Å². The molecule has 3 atom stereocenters. The first-order valence-electron chi connectivity index (χ1n) is 10.1. The summed E-state index contributed by atoms with van der Waals surface area (Å²) in [5.41, 5.74) is -0.0852. The number of nitrogens with one attached hydrogen (secondary N) is 1. The topological polar surface area (TPSA) is 92.7 Å². The van der Waals surface area contributed by atoms with Crippen molar-refractivity contribution in [3.8, 4) is 5.75 Å². The summed E-state index contributed by atoms with van der Waals surface area (Å²) in [5, 5.41) is 10.9. The molecule has 0 bridgehead atoms. The summed E-state index contributed by atoms with van der Waals surface area (Å²) >= 11 is 12.0. The van der Waals surface area contributed by atoms with Crippen molar-refractivity contribution in [1.82, 2.24) is 4.72 Å². The maximum Gasteiger partial charge on any atom is 0.325 e. The Hall–Kier alpha value is -2.58. The van der Waals surface area contributed by atoms with Crippen LogP contribution in [0.4, 0.5) is 0 Å². The van der Waals surface area contributed by atoms with Gasteiger partial charge in [-0.2, -0.15) is 4.72 Å². The quantitative estimate of drug-likeness (QED) is 0.443. The van der Waals surface area contributed by atoms with Crippen molar-refractivity contribution in [3.05, 3.63) is 94.0 Å². The molecule has 0 saturated heterocycles. The Labute approximate surface area is 202 Å². The van der Waals surface area contributed by atoms with Crippen LogP contribution in [0.25, 0.3) is 0 Å². The normalized spacial score (nSPS) is 22.0. The smallest absolute Gasteiger partial charge is 0.325 e. The molecule has 3 aromatic carbocycles. The number of carboxylic acid groups (broad SMARTS) is 1. The van der Waals surface area contributed by atoms with Crippen LogP contribution >= 0.6 is 23.2 Å². The Morgan fingerprint density at radius 2 is 1.73 bits per heavy atom. The van der Waals surface area contributed by atoms with E-state index in [1.54, 1.807) is 49.4 Å². The number of rotatable bonds is 8. The molecule has 0 aromatic heterocycles. The molecule has 0 radical (unpaired) electrons. The molecular weight excluding hydrogens is 485 g/mol. The number of hydrogen-bond donors (Lipinski definition) is 2. The predicted molar refractivity (Wildman–Crippen MR) is 126 cm³/mol. The average Bonchev–Trinajstić information content (AvgIpc) is 3.37. The number of halogens is 2. The largest absolute Gasteiger partial charge is 0.489 e. The van der Waals surface area contributed by atoms with Crippen molar-refractivity contribution in [2.75, 3.05) is 0 Å². The fourth-order valence-electron chi connectivity index (χ4n) is 4.10.